The summed E-state index contributed by atoms with van der Waals surface area (Å²) in [6.45, 7) is 1.64. The second kappa shape index (κ2) is 8.89. The summed E-state index contributed by atoms with van der Waals surface area (Å²) in [4.78, 5) is 37.5. The highest BCUT2D eigenvalue weighted by Crippen LogP contribution is 2.33. The maximum Gasteiger partial charge on any atom is 0.269 e. The monoisotopic (exact) mass is 431 g/mol. The largest absolute Gasteiger partial charge is 0.457 e. The Morgan fingerprint density at radius 2 is 1.72 bits per heavy atom. The quantitative estimate of drug-likeness (QED) is 0.450. The van der Waals surface area contributed by atoms with Crippen molar-refractivity contribution in [2.24, 2.45) is 0 Å². The zero-order valence-corrected chi connectivity index (χ0v) is 17.4. The molecule has 8 heteroatoms. The third-order valence-electron chi connectivity index (χ3n) is 5.28. The van der Waals surface area contributed by atoms with Gasteiger partial charge in [0, 0.05) is 29.9 Å². The number of anilines is 2. The normalized spacial score (nSPS) is 13.8. The Labute approximate surface area is 184 Å². The second-order valence-corrected chi connectivity index (χ2v) is 7.44. The van der Waals surface area contributed by atoms with Crippen LogP contribution in [0.15, 0.2) is 72.8 Å². The van der Waals surface area contributed by atoms with E-state index in [-0.39, 0.29) is 23.9 Å². The molecule has 0 fully saturated rings. The number of carbonyl (C=O) groups is 2. The van der Waals surface area contributed by atoms with Crippen molar-refractivity contribution >= 4 is 28.9 Å². The number of hydrogen-bond acceptors (Lipinski definition) is 5. The Morgan fingerprint density at radius 1 is 1.03 bits per heavy atom. The van der Waals surface area contributed by atoms with Gasteiger partial charge in [0.1, 0.15) is 17.5 Å². The van der Waals surface area contributed by atoms with Crippen LogP contribution in [0.3, 0.4) is 0 Å². The minimum absolute atomic E-state index is 0.0343. The lowest BCUT2D eigenvalue weighted by Crippen LogP contribution is -2.47. The van der Waals surface area contributed by atoms with E-state index in [1.54, 1.807) is 31.2 Å². The number of carbonyl (C=O) groups excluding carboxylic acids is 2. The molecule has 0 radical (unpaired) electrons. The van der Waals surface area contributed by atoms with Gasteiger partial charge < -0.3 is 10.1 Å². The van der Waals surface area contributed by atoms with Gasteiger partial charge in [0.25, 0.3) is 5.69 Å². The van der Waals surface area contributed by atoms with E-state index in [2.05, 4.69) is 5.32 Å². The molecule has 1 N–H and O–H groups in total. The number of hydrogen-bond donors (Lipinski definition) is 1. The van der Waals surface area contributed by atoms with E-state index in [1.165, 1.54) is 23.1 Å². The predicted molar refractivity (Wildman–Crippen MR) is 120 cm³/mol. The lowest BCUT2D eigenvalue weighted by atomic mass is 9.98. The Balaban J connectivity index is 1.47. The molecule has 1 atom stereocenters. The van der Waals surface area contributed by atoms with Crippen molar-refractivity contribution < 1.29 is 19.2 Å². The molecule has 0 saturated carbocycles. The molecule has 162 valence electrons. The van der Waals surface area contributed by atoms with Gasteiger partial charge >= 0.3 is 0 Å². The molecule has 32 heavy (non-hydrogen) atoms. The number of nitro groups is 1. The number of aryl methyl sites for hydroxylation is 1. The van der Waals surface area contributed by atoms with Gasteiger partial charge in [-0.25, -0.2) is 0 Å². The van der Waals surface area contributed by atoms with E-state index in [9.17, 15) is 19.7 Å². The molecule has 0 saturated heterocycles. The van der Waals surface area contributed by atoms with Crippen LogP contribution in [0, 0.1) is 10.1 Å². The maximum atomic E-state index is 12.9. The van der Waals surface area contributed by atoms with Crippen molar-refractivity contribution in [1.29, 1.82) is 0 Å². The number of nitro benzene ring substituents is 1. The topological polar surface area (TPSA) is 102 Å². The third-order valence-corrected chi connectivity index (χ3v) is 5.28. The second-order valence-electron chi connectivity index (χ2n) is 7.44. The van der Waals surface area contributed by atoms with Crippen molar-refractivity contribution in [2.45, 2.75) is 25.8 Å². The number of non-ortho nitro benzene ring substituents is 1. The molecule has 0 spiro atoms. The van der Waals surface area contributed by atoms with Crippen LogP contribution >= 0.6 is 0 Å². The Bertz CT molecular complexity index is 1160. The van der Waals surface area contributed by atoms with Crippen LogP contribution in [0.2, 0.25) is 0 Å². The summed E-state index contributed by atoms with van der Waals surface area (Å²) in [7, 11) is 0. The fraction of sp³-hybridized carbons (Fsp3) is 0.167. The molecule has 3 aromatic carbocycles. The summed E-state index contributed by atoms with van der Waals surface area (Å²) in [5, 5.41) is 13.9. The molecule has 1 heterocycles. The first-order valence-corrected chi connectivity index (χ1v) is 10.2. The molecule has 1 aliphatic rings. The smallest absolute Gasteiger partial charge is 0.269 e. The highest BCUT2D eigenvalue weighted by Gasteiger charge is 2.32. The minimum Gasteiger partial charge on any atom is -0.457 e. The van der Waals surface area contributed by atoms with Crippen LogP contribution < -0.4 is 15.0 Å². The first-order chi connectivity index (χ1) is 15.4. The third kappa shape index (κ3) is 4.44. The standard InChI is InChI=1S/C24H21N3O5/c1-16(26-22-13-10-19(27(30)31)15-17(22)7-14-23(26)28)24(29)25-18-8-11-21(12-9-18)32-20-5-3-2-4-6-20/h2-6,8-13,15-16H,7,14H2,1H3,(H,25,29). The molecule has 2 amide bonds. The molecule has 0 aromatic heterocycles. The molecule has 8 nitrogen and oxygen atoms in total. The van der Waals surface area contributed by atoms with Gasteiger partial charge in [-0.1, -0.05) is 18.2 Å². The van der Waals surface area contributed by atoms with Crippen LogP contribution in [-0.4, -0.2) is 22.8 Å². The van der Waals surface area contributed by atoms with Gasteiger partial charge in [0.2, 0.25) is 11.8 Å². The number of benzene rings is 3. The summed E-state index contributed by atoms with van der Waals surface area (Å²) in [5.74, 6) is 0.784. The summed E-state index contributed by atoms with van der Waals surface area (Å²) < 4.78 is 5.75. The maximum absolute atomic E-state index is 12.9. The van der Waals surface area contributed by atoms with Crippen LogP contribution in [0.5, 0.6) is 11.5 Å². The number of nitrogens with one attached hydrogen (secondary N) is 1. The fourth-order valence-corrected chi connectivity index (χ4v) is 3.64. The number of ether oxygens (including phenoxy) is 1. The number of amides is 2. The molecule has 3 aromatic rings. The van der Waals surface area contributed by atoms with E-state index >= 15 is 0 Å². The summed E-state index contributed by atoms with van der Waals surface area (Å²) >= 11 is 0. The van der Waals surface area contributed by atoms with Crippen LogP contribution in [0.4, 0.5) is 17.1 Å². The molecular formula is C24H21N3O5. The predicted octanol–water partition coefficient (Wildman–Crippen LogP) is 4.69. The van der Waals surface area contributed by atoms with Crippen molar-refractivity contribution in [3.05, 3.63) is 88.5 Å². The lowest BCUT2D eigenvalue weighted by molar-refractivity contribution is -0.384. The van der Waals surface area contributed by atoms with Crippen molar-refractivity contribution in [3.63, 3.8) is 0 Å². The summed E-state index contributed by atoms with van der Waals surface area (Å²) in [6, 6.07) is 19.8. The van der Waals surface area contributed by atoms with Crippen LogP contribution in [0.1, 0.15) is 18.9 Å². The van der Waals surface area contributed by atoms with Crippen molar-refractivity contribution in [3.8, 4) is 11.5 Å². The SMILES string of the molecule is CC(C(=O)Nc1ccc(Oc2ccccc2)cc1)N1C(=O)CCc2cc([N+](=O)[O-])ccc21. The molecular weight excluding hydrogens is 410 g/mol. The number of nitrogens with zero attached hydrogens (tertiary/aromatic N) is 2. The van der Waals surface area contributed by atoms with Gasteiger partial charge in [-0.05, 0) is 61.4 Å². The van der Waals surface area contributed by atoms with E-state index in [4.69, 9.17) is 4.74 Å². The first kappa shape index (κ1) is 21.0. The van der Waals surface area contributed by atoms with Crippen molar-refractivity contribution in [2.75, 3.05) is 10.2 Å². The van der Waals surface area contributed by atoms with Gasteiger partial charge in [-0.3, -0.25) is 24.6 Å². The number of para-hydroxylation sites is 1. The molecule has 4 rings (SSSR count). The average molecular weight is 431 g/mol. The highest BCUT2D eigenvalue weighted by molar-refractivity contribution is 6.06. The van der Waals surface area contributed by atoms with E-state index in [0.717, 1.165) is 0 Å². The zero-order chi connectivity index (χ0) is 22.7. The van der Waals surface area contributed by atoms with Gasteiger partial charge in [-0.15, -0.1) is 0 Å². The van der Waals surface area contributed by atoms with E-state index < -0.39 is 11.0 Å². The molecule has 1 aliphatic heterocycles. The number of fused-ring (bicyclic) bond motifs is 1. The first-order valence-electron chi connectivity index (χ1n) is 10.2. The lowest BCUT2D eigenvalue weighted by Gasteiger charge is -2.33. The Kier molecular flexibility index (Phi) is 5.85. The average Bonchev–Trinajstić information content (AvgIpc) is 2.80. The highest BCUT2D eigenvalue weighted by atomic mass is 16.6. The van der Waals surface area contributed by atoms with Crippen LogP contribution in [0.25, 0.3) is 0 Å². The fourth-order valence-electron chi connectivity index (χ4n) is 3.64. The van der Waals surface area contributed by atoms with Gasteiger partial charge in [0.05, 0.1) is 4.92 Å². The molecule has 0 bridgehead atoms. The minimum atomic E-state index is -0.789. The zero-order valence-electron chi connectivity index (χ0n) is 17.4. The molecule has 1 unspecified atom stereocenters. The van der Waals surface area contributed by atoms with E-state index in [1.807, 2.05) is 30.3 Å². The Morgan fingerprint density at radius 3 is 2.41 bits per heavy atom. The van der Waals surface area contributed by atoms with Crippen LogP contribution in [-0.2, 0) is 16.0 Å². The van der Waals surface area contributed by atoms with Crippen molar-refractivity contribution in [1.82, 2.24) is 0 Å². The van der Waals surface area contributed by atoms with Gasteiger partial charge in [-0.2, -0.15) is 0 Å². The van der Waals surface area contributed by atoms with Gasteiger partial charge in [0.15, 0.2) is 0 Å². The summed E-state index contributed by atoms with van der Waals surface area (Å²) in [6.07, 6.45) is 0.598. The Hall–Kier alpha value is -4.20. The number of rotatable bonds is 6. The van der Waals surface area contributed by atoms with E-state index in [0.29, 0.717) is 34.9 Å². The summed E-state index contributed by atoms with van der Waals surface area (Å²) in [5.41, 5.74) is 1.74. The molecule has 0 aliphatic carbocycles.